The number of carbonyl (C=O) groups is 1. The molecule has 0 bridgehead atoms. The molecule has 0 spiro atoms. The SMILES string of the molecule is CCCCOC(=O)c1cccc([N+](=O)[O-])c1S. The van der Waals surface area contributed by atoms with Gasteiger partial charge in [0.05, 0.1) is 22.0 Å². The number of nitro groups is 1. The van der Waals surface area contributed by atoms with E-state index in [2.05, 4.69) is 12.6 Å². The number of carbonyl (C=O) groups excluding carboxylic acids is 1. The number of rotatable bonds is 5. The summed E-state index contributed by atoms with van der Waals surface area (Å²) in [4.78, 5) is 21.7. The van der Waals surface area contributed by atoms with Crippen LogP contribution in [0, 0.1) is 10.1 Å². The van der Waals surface area contributed by atoms with Crippen LogP contribution in [0.25, 0.3) is 0 Å². The second kappa shape index (κ2) is 6.24. The minimum absolute atomic E-state index is 0.0407. The molecule has 1 rings (SSSR count). The van der Waals surface area contributed by atoms with Gasteiger partial charge in [0, 0.05) is 6.07 Å². The fraction of sp³-hybridized carbons (Fsp3) is 0.364. The van der Waals surface area contributed by atoms with E-state index in [0.29, 0.717) is 6.61 Å². The molecule has 0 saturated heterocycles. The topological polar surface area (TPSA) is 69.4 Å². The molecule has 0 atom stereocenters. The fourth-order valence-electron chi connectivity index (χ4n) is 1.23. The molecular weight excluding hydrogens is 242 g/mol. The van der Waals surface area contributed by atoms with E-state index in [1.165, 1.54) is 18.2 Å². The Kier molecular flexibility index (Phi) is 4.96. The first-order chi connectivity index (χ1) is 8.07. The quantitative estimate of drug-likeness (QED) is 0.289. The van der Waals surface area contributed by atoms with Crippen LogP contribution in [-0.4, -0.2) is 17.5 Å². The number of hydrogen-bond donors (Lipinski definition) is 1. The Balaban J connectivity index is 2.87. The maximum Gasteiger partial charge on any atom is 0.339 e. The standard InChI is InChI=1S/C11H13NO4S/c1-2-3-7-16-11(13)8-5-4-6-9(10(8)17)12(14)15/h4-6,17H,2-3,7H2,1H3. The van der Waals surface area contributed by atoms with Crippen molar-refractivity contribution in [3.8, 4) is 0 Å². The second-order valence-corrected chi connectivity index (χ2v) is 3.87. The Morgan fingerprint density at radius 3 is 2.82 bits per heavy atom. The third-order valence-corrected chi connectivity index (χ3v) is 2.63. The average molecular weight is 255 g/mol. The number of thiol groups is 1. The number of benzene rings is 1. The van der Waals surface area contributed by atoms with Crippen molar-refractivity contribution in [2.75, 3.05) is 6.61 Å². The van der Waals surface area contributed by atoms with Gasteiger partial charge in [0.2, 0.25) is 0 Å². The molecule has 0 aromatic heterocycles. The van der Waals surface area contributed by atoms with Gasteiger partial charge in [0.1, 0.15) is 0 Å². The molecule has 0 N–H and O–H groups in total. The highest BCUT2D eigenvalue weighted by molar-refractivity contribution is 7.80. The molecule has 0 amide bonds. The first-order valence-electron chi connectivity index (χ1n) is 5.21. The van der Waals surface area contributed by atoms with Gasteiger partial charge in [-0.2, -0.15) is 0 Å². The fourth-order valence-corrected chi connectivity index (χ4v) is 1.55. The molecule has 0 aliphatic carbocycles. The predicted octanol–water partition coefficient (Wildman–Crippen LogP) is 2.84. The summed E-state index contributed by atoms with van der Waals surface area (Å²) in [6, 6.07) is 4.20. The molecule has 17 heavy (non-hydrogen) atoms. The summed E-state index contributed by atoms with van der Waals surface area (Å²) in [5.41, 5.74) is -0.0723. The number of esters is 1. The van der Waals surface area contributed by atoms with Crippen molar-refractivity contribution in [3.63, 3.8) is 0 Å². The van der Waals surface area contributed by atoms with Crippen LogP contribution in [0.5, 0.6) is 0 Å². The van der Waals surface area contributed by atoms with Crippen molar-refractivity contribution in [1.29, 1.82) is 0 Å². The molecule has 1 aromatic rings. The zero-order valence-corrected chi connectivity index (χ0v) is 10.3. The molecule has 5 nitrogen and oxygen atoms in total. The van der Waals surface area contributed by atoms with Crippen LogP contribution in [0.4, 0.5) is 5.69 Å². The van der Waals surface area contributed by atoms with E-state index in [4.69, 9.17) is 4.74 Å². The van der Waals surface area contributed by atoms with Crippen molar-refractivity contribution in [1.82, 2.24) is 0 Å². The van der Waals surface area contributed by atoms with E-state index in [9.17, 15) is 14.9 Å². The van der Waals surface area contributed by atoms with Gasteiger partial charge in [-0.1, -0.05) is 19.4 Å². The van der Waals surface area contributed by atoms with Crippen LogP contribution in [0.1, 0.15) is 30.1 Å². The largest absolute Gasteiger partial charge is 0.462 e. The minimum atomic E-state index is -0.578. The van der Waals surface area contributed by atoms with Crippen LogP contribution in [0.3, 0.4) is 0 Å². The number of unbranched alkanes of at least 4 members (excludes halogenated alkanes) is 1. The highest BCUT2D eigenvalue weighted by atomic mass is 32.1. The summed E-state index contributed by atoms with van der Waals surface area (Å²) in [5, 5.41) is 10.7. The van der Waals surface area contributed by atoms with E-state index < -0.39 is 10.9 Å². The van der Waals surface area contributed by atoms with Gasteiger partial charge in [0.25, 0.3) is 5.69 Å². The van der Waals surface area contributed by atoms with Crippen LogP contribution >= 0.6 is 12.6 Å². The Hall–Kier alpha value is -1.56. The van der Waals surface area contributed by atoms with E-state index in [1.54, 1.807) is 0 Å². The lowest BCUT2D eigenvalue weighted by Crippen LogP contribution is -2.08. The predicted molar refractivity (Wildman–Crippen MR) is 65.5 cm³/mol. The van der Waals surface area contributed by atoms with Crippen LogP contribution in [-0.2, 0) is 4.74 Å². The molecule has 0 aliphatic rings. The summed E-state index contributed by atoms with van der Waals surface area (Å²) in [7, 11) is 0. The molecule has 6 heteroatoms. The summed E-state index contributed by atoms with van der Waals surface area (Å²) < 4.78 is 4.97. The lowest BCUT2D eigenvalue weighted by atomic mass is 10.2. The van der Waals surface area contributed by atoms with Crippen molar-refractivity contribution in [3.05, 3.63) is 33.9 Å². The Morgan fingerprint density at radius 2 is 2.24 bits per heavy atom. The summed E-state index contributed by atoms with van der Waals surface area (Å²) in [6.07, 6.45) is 1.68. The van der Waals surface area contributed by atoms with Gasteiger partial charge in [-0.15, -0.1) is 12.6 Å². The van der Waals surface area contributed by atoms with E-state index in [1.807, 2.05) is 6.92 Å². The highest BCUT2D eigenvalue weighted by Gasteiger charge is 2.19. The van der Waals surface area contributed by atoms with Crippen molar-refractivity contribution in [2.24, 2.45) is 0 Å². The van der Waals surface area contributed by atoms with Gasteiger partial charge >= 0.3 is 5.97 Å². The molecule has 0 aliphatic heterocycles. The summed E-state index contributed by atoms with van der Waals surface area (Å²) in [6.45, 7) is 2.29. The van der Waals surface area contributed by atoms with E-state index >= 15 is 0 Å². The van der Waals surface area contributed by atoms with Gasteiger partial charge in [0.15, 0.2) is 0 Å². The minimum Gasteiger partial charge on any atom is -0.462 e. The Morgan fingerprint density at radius 1 is 1.53 bits per heavy atom. The van der Waals surface area contributed by atoms with E-state index in [-0.39, 0.29) is 16.1 Å². The molecule has 0 radical (unpaired) electrons. The molecular formula is C11H13NO4S. The summed E-state index contributed by atoms with van der Waals surface area (Å²) >= 11 is 3.99. The second-order valence-electron chi connectivity index (χ2n) is 3.42. The van der Waals surface area contributed by atoms with Crippen LogP contribution in [0.15, 0.2) is 23.1 Å². The van der Waals surface area contributed by atoms with E-state index in [0.717, 1.165) is 12.8 Å². The highest BCUT2D eigenvalue weighted by Crippen LogP contribution is 2.26. The van der Waals surface area contributed by atoms with Gasteiger partial charge in [-0.3, -0.25) is 10.1 Å². The lowest BCUT2D eigenvalue weighted by molar-refractivity contribution is -0.387. The van der Waals surface area contributed by atoms with Gasteiger partial charge < -0.3 is 4.74 Å². The molecule has 0 unspecified atom stereocenters. The number of hydrogen-bond acceptors (Lipinski definition) is 5. The van der Waals surface area contributed by atoms with Gasteiger partial charge in [-0.25, -0.2) is 4.79 Å². The van der Waals surface area contributed by atoms with Gasteiger partial charge in [-0.05, 0) is 12.5 Å². The maximum atomic E-state index is 11.6. The number of nitro benzene ring substituents is 1. The number of ether oxygens (including phenoxy) is 1. The normalized spacial score (nSPS) is 10.0. The molecule has 92 valence electrons. The zero-order valence-electron chi connectivity index (χ0n) is 9.38. The average Bonchev–Trinajstić information content (AvgIpc) is 2.29. The van der Waals surface area contributed by atoms with Crippen molar-refractivity contribution < 1.29 is 14.5 Å². The first-order valence-corrected chi connectivity index (χ1v) is 5.66. The smallest absolute Gasteiger partial charge is 0.339 e. The Labute approximate surface area is 104 Å². The third-order valence-electron chi connectivity index (χ3n) is 2.16. The summed E-state index contributed by atoms with van der Waals surface area (Å²) in [5.74, 6) is -0.577. The molecule has 0 fully saturated rings. The maximum absolute atomic E-state index is 11.6. The van der Waals surface area contributed by atoms with Crippen LogP contribution < -0.4 is 0 Å². The van der Waals surface area contributed by atoms with Crippen LogP contribution in [0.2, 0.25) is 0 Å². The first kappa shape index (κ1) is 13.5. The molecule has 0 saturated carbocycles. The van der Waals surface area contributed by atoms with Crippen molar-refractivity contribution in [2.45, 2.75) is 24.7 Å². The number of nitrogens with zero attached hydrogens (tertiary/aromatic N) is 1. The zero-order chi connectivity index (χ0) is 12.8. The molecule has 1 aromatic carbocycles. The van der Waals surface area contributed by atoms with Crippen molar-refractivity contribution >= 4 is 24.3 Å². The monoisotopic (exact) mass is 255 g/mol. The third kappa shape index (κ3) is 3.45. The molecule has 0 heterocycles. The Bertz CT molecular complexity index is 433. The lowest BCUT2D eigenvalue weighted by Gasteiger charge is -2.06.